The number of amides is 1. The minimum absolute atomic E-state index is 0.0483. The molecule has 7 nitrogen and oxygen atoms in total. The summed E-state index contributed by atoms with van der Waals surface area (Å²) < 4.78 is 7.16. The van der Waals surface area contributed by atoms with Gasteiger partial charge in [-0.15, -0.1) is 11.3 Å². The molecule has 32 heavy (non-hydrogen) atoms. The molecule has 0 spiro atoms. The van der Waals surface area contributed by atoms with Crippen LogP contribution in [0.4, 0.5) is 5.00 Å². The molecule has 0 radical (unpaired) electrons. The summed E-state index contributed by atoms with van der Waals surface area (Å²) in [5, 5.41) is 9.25. The second-order valence-corrected chi connectivity index (χ2v) is 10.1. The second kappa shape index (κ2) is 8.31. The third-order valence-corrected chi connectivity index (χ3v) is 7.33. The number of hydrogen-bond acceptors (Lipinski definition) is 6. The highest BCUT2D eigenvalue weighted by Crippen LogP contribution is 2.43. The van der Waals surface area contributed by atoms with Gasteiger partial charge in [0.1, 0.15) is 11.5 Å². The van der Waals surface area contributed by atoms with E-state index < -0.39 is 0 Å². The van der Waals surface area contributed by atoms with Crippen LogP contribution >= 0.6 is 11.3 Å². The zero-order valence-corrected chi connectivity index (χ0v) is 19.6. The van der Waals surface area contributed by atoms with Gasteiger partial charge in [-0.3, -0.25) is 4.79 Å². The number of pyridine rings is 1. The number of anilines is 1. The van der Waals surface area contributed by atoms with Crippen molar-refractivity contribution in [2.45, 2.75) is 77.9 Å². The topological polar surface area (TPSA) is 86.1 Å². The molecule has 0 unspecified atom stereocenters. The van der Waals surface area contributed by atoms with Crippen LogP contribution in [0.3, 0.4) is 0 Å². The van der Waals surface area contributed by atoms with Crippen molar-refractivity contribution < 1.29 is 14.3 Å². The van der Waals surface area contributed by atoms with Gasteiger partial charge in [0.25, 0.3) is 0 Å². The normalized spacial score (nSPS) is 15.8. The zero-order valence-electron chi connectivity index (χ0n) is 18.7. The Morgan fingerprint density at radius 2 is 2.06 bits per heavy atom. The minimum Gasteiger partial charge on any atom is -0.459 e. The minimum atomic E-state index is -0.356. The van der Waals surface area contributed by atoms with E-state index in [2.05, 4.69) is 21.5 Å². The van der Waals surface area contributed by atoms with E-state index in [4.69, 9.17) is 4.74 Å². The highest BCUT2D eigenvalue weighted by atomic mass is 32.1. The van der Waals surface area contributed by atoms with Crippen molar-refractivity contribution in [3.63, 3.8) is 0 Å². The third-order valence-electron chi connectivity index (χ3n) is 6.12. The van der Waals surface area contributed by atoms with Crippen molar-refractivity contribution in [3.8, 4) is 0 Å². The SMILES string of the molecule is Cc1nn(CC(=O)Nc2sc3c(c2C(=O)OC(C)C)CCCC3)c2nccc(C3CC3)c12. The number of ether oxygens (including phenoxy) is 1. The molecule has 8 heteroatoms. The molecule has 1 saturated carbocycles. The average molecular weight is 453 g/mol. The number of nitrogens with one attached hydrogen (secondary N) is 1. The third kappa shape index (κ3) is 3.92. The number of carbonyl (C=O) groups is 2. The van der Waals surface area contributed by atoms with Gasteiger partial charge in [0.15, 0.2) is 5.65 Å². The van der Waals surface area contributed by atoms with Crippen LogP contribution in [0.1, 0.15) is 77.5 Å². The van der Waals surface area contributed by atoms with Crippen LogP contribution in [0.5, 0.6) is 0 Å². The molecule has 1 N–H and O–H groups in total. The van der Waals surface area contributed by atoms with Gasteiger partial charge >= 0.3 is 5.97 Å². The fraction of sp³-hybridized carbons (Fsp3) is 0.500. The standard InChI is InChI=1S/C24H28N4O3S/c1-13(2)31-24(30)21-17-6-4-5-7-18(17)32-23(21)26-19(29)12-28-22-20(14(3)27-28)16(10-11-25-22)15-8-9-15/h10-11,13,15H,4-9,12H2,1-3H3,(H,26,29). The highest BCUT2D eigenvalue weighted by molar-refractivity contribution is 7.17. The number of fused-ring (bicyclic) bond motifs is 2. The largest absolute Gasteiger partial charge is 0.459 e. The average Bonchev–Trinajstić information content (AvgIpc) is 3.46. The molecule has 2 aliphatic carbocycles. The summed E-state index contributed by atoms with van der Waals surface area (Å²) in [6.45, 7) is 5.69. The number of esters is 1. The number of hydrogen-bond donors (Lipinski definition) is 1. The van der Waals surface area contributed by atoms with E-state index in [9.17, 15) is 9.59 Å². The molecule has 3 aromatic heterocycles. The molecular formula is C24H28N4O3S. The molecule has 0 aromatic carbocycles. The van der Waals surface area contributed by atoms with E-state index in [-0.39, 0.29) is 24.5 Å². The van der Waals surface area contributed by atoms with Crippen LogP contribution in [-0.4, -0.2) is 32.7 Å². The lowest BCUT2D eigenvalue weighted by molar-refractivity contribution is -0.116. The monoisotopic (exact) mass is 452 g/mol. The molecule has 1 amide bonds. The smallest absolute Gasteiger partial charge is 0.341 e. The maximum absolute atomic E-state index is 13.0. The Morgan fingerprint density at radius 3 is 2.81 bits per heavy atom. The van der Waals surface area contributed by atoms with Crippen molar-refractivity contribution in [3.05, 3.63) is 39.5 Å². The van der Waals surface area contributed by atoms with E-state index in [1.54, 1.807) is 10.9 Å². The molecular weight excluding hydrogens is 424 g/mol. The maximum Gasteiger partial charge on any atom is 0.341 e. The number of aryl methyl sites for hydroxylation is 2. The molecule has 2 aliphatic rings. The van der Waals surface area contributed by atoms with Crippen LogP contribution in [-0.2, 0) is 28.9 Å². The number of rotatable bonds is 6. The van der Waals surface area contributed by atoms with E-state index in [0.717, 1.165) is 48.0 Å². The van der Waals surface area contributed by atoms with Gasteiger partial charge in [-0.25, -0.2) is 14.5 Å². The first kappa shape index (κ1) is 21.1. The van der Waals surface area contributed by atoms with Gasteiger partial charge in [-0.1, -0.05) is 0 Å². The molecule has 3 aromatic rings. The molecule has 0 bridgehead atoms. The fourth-order valence-corrected chi connectivity index (χ4v) is 5.89. The molecule has 168 valence electrons. The maximum atomic E-state index is 13.0. The van der Waals surface area contributed by atoms with E-state index in [1.807, 2.05) is 20.8 Å². The van der Waals surface area contributed by atoms with Crippen LogP contribution < -0.4 is 5.32 Å². The summed E-state index contributed by atoms with van der Waals surface area (Å²) in [7, 11) is 0. The Balaban J connectivity index is 1.42. The van der Waals surface area contributed by atoms with E-state index in [0.29, 0.717) is 16.5 Å². The molecule has 0 atom stereocenters. The predicted molar refractivity (Wildman–Crippen MR) is 124 cm³/mol. The highest BCUT2D eigenvalue weighted by Gasteiger charge is 2.29. The predicted octanol–water partition coefficient (Wildman–Crippen LogP) is 4.76. The van der Waals surface area contributed by atoms with Crippen molar-refractivity contribution >= 4 is 39.2 Å². The quantitative estimate of drug-likeness (QED) is 0.545. The lowest BCUT2D eigenvalue weighted by Crippen LogP contribution is -2.21. The first-order valence-electron chi connectivity index (χ1n) is 11.4. The lowest BCUT2D eigenvalue weighted by atomic mass is 9.95. The summed E-state index contributed by atoms with van der Waals surface area (Å²) in [6, 6.07) is 2.07. The Morgan fingerprint density at radius 1 is 1.28 bits per heavy atom. The molecule has 5 rings (SSSR count). The summed E-state index contributed by atoms with van der Waals surface area (Å²) in [5.74, 6) is 0.00804. The summed E-state index contributed by atoms with van der Waals surface area (Å²) in [5.41, 5.74) is 4.49. The number of aromatic nitrogens is 3. The Bertz CT molecular complexity index is 1210. The number of carbonyl (C=O) groups excluding carboxylic acids is 2. The van der Waals surface area contributed by atoms with Gasteiger partial charge in [-0.2, -0.15) is 5.10 Å². The Hall–Kier alpha value is -2.74. The first-order chi connectivity index (χ1) is 15.4. The first-order valence-corrected chi connectivity index (χ1v) is 12.2. The number of nitrogens with zero attached hydrogens (tertiary/aromatic N) is 3. The van der Waals surface area contributed by atoms with Crippen molar-refractivity contribution in [2.24, 2.45) is 0 Å². The van der Waals surface area contributed by atoms with E-state index in [1.165, 1.54) is 34.6 Å². The van der Waals surface area contributed by atoms with Gasteiger partial charge in [0.2, 0.25) is 5.91 Å². The van der Waals surface area contributed by atoms with E-state index >= 15 is 0 Å². The molecule has 0 aliphatic heterocycles. The zero-order chi connectivity index (χ0) is 22.4. The molecule has 0 saturated heterocycles. The fourth-order valence-electron chi connectivity index (χ4n) is 4.60. The van der Waals surface area contributed by atoms with Crippen LogP contribution in [0.2, 0.25) is 0 Å². The van der Waals surface area contributed by atoms with Crippen LogP contribution in [0, 0.1) is 6.92 Å². The Labute approximate surface area is 191 Å². The van der Waals surface area contributed by atoms with Gasteiger partial charge < -0.3 is 10.1 Å². The summed E-state index contributed by atoms with van der Waals surface area (Å²) in [4.78, 5) is 31.6. The number of thiophene rings is 1. The van der Waals surface area contributed by atoms with Crippen LogP contribution in [0.15, 0.2) is 12.3 Å². The van der Waals surface area contributed by atoms with Gasteiger partial charge in [-0.05, 0) is 82.4 Å². The van der Waals surface area contributed by atoms with Crippen molar-refractivity contribution in [1.82, 2.24) is 14.8 Å². The summed E-state index contributed by atoms with van der Waals surface area (Å²) in [6.07, 6.45) is 7.93. The molecule has 3 heterocycles. The summed E-state index contributed by atoms with van der Waals surface area (Å²) >= 11 is 1.50. The van der Waals surface area contributed by atoms with Crippen LogP contribution in [0.25, 0.3) is 11.0 Å². The van der Waals surface area contributed by atoms with Gasteiger partial charge in [0, 0.05) is 16.5 Å². The molecule has 1 fully saturated rings. The second-order valence-electron chi connectivity index (χ2n) is 9.03. The van der Waals surface area contributed by atoms with Crippen molar-refractivity contribution in [1.29, 1.82) is 0 Å². The Kier molecular flexibility index (Phi) is 5.49. The van der Waals surface area contributed by atoms with Gasteiger partial charge in [0.05, 0.1) is 17.4 Å². The van der Waals surface area contributed by atoms with Crippen molar-refractivity contribution in [2.75, 3.05) is 5.32 Å². The lowest BCUT2D eigenvalue weighted by Gasteiger charge is -2.14.